The molecule has 0 N–H and O–H groups in total. The average Bonchev–Trinajstić information content (AvgIpc) is 2.46. The molecule has 0 nitrogen and oxygen atoms in total. The number of halogens is 4. The van der Waals surface area contributed by atoms with Gasteiger partial charge in [0, 0.05) is 25.6 Å². The van der Waals surface area contributed by atoms with Gasteiger partial charge in [-0.3, -0.25) is 0 Å². The summed E-state index contributed by atoms with van der Waals surface area (Å²) in [6, 6.07) is 16.5. The van der Waals surface area contributed by atoms with Gasteiger partial charge in [0.15, 0.2) is 0 Å². The maximum atomic E-state index is 6.10. The van der Waals surface area contributed by atoms with Crippen molar-refractivity contribution >= 4 is 59.4 Å². The molecule has 106 valence electrons. The maximum Gasteiger partial charge on any atom is 0.0408 e. The van der Waals surface area contributed by atoms with Crippen molar-refractivity contribution in [3.05, 3.63) is 69.2 Å². The Morgan fingerprint density at radius 3 is 2.25 bits per heavy atom. The molecule has 2 rings (SSSR count). The Hall–Kier alpha value is 0.170. The number of hydrogen-bond acceptors (Lipinski definition) is 0. The lowest BCUT2D eigenvalue weighted by Gasteiger charge is -2.32. The van der Waals surface area contributed by atoms with Gasteiger partial charge in [-0.15, -0.1) is 0 Å². The lowest BCUT2D eigenvalue weighted by Crippen LogP contribution is -2.33. The lowest BCUT2D eigenvalue weighted by molar-refractivity contribution is 0.548. The molecular weight excluding hydrogens is 467 g/mol. The zero-order valence-electron chi connectivity index (χ0n) is 10.8. The van der Waals surface area contributed by atoms with Gasteiger partial charge in [-0.1, -0.05) is 89.7 Å². The van der Waals surface area contributed by atoms with Crippen LogP contribution in [-0.2, 0) is 11.8 Å². The fourth-order valence-corrected chi connectivity index (χ4v) is 5.15. The van der Waals surface area contributed by atoms with Crippen LogP contribution in [0.4, 0.5) is 0 Å². The fraction of sp³-hybridized carbons (Fsp3) is 0.250. The molecule has 0 unspecified atom stereocenters. The van der Waals surface area contributed by atoms with E-state index in [0.717, 1.165) is 26.6 Å². The van der Waals surface area contributed by atoms with Gasteiger partial charge < -0.3 is 0 Å². The molecule has 0 aliphatic carbocycles. The number of rotatable bonds is 5. The third-order valence-electron chi connectivity index (χ3n) is 3.39. The van der Waals surface area contributed by atoms with Gasteiger partial charge in [-0.05, 0) is 35.7 Å². The standard InChI is InChI=1S/C16H14Br3Cl/c17-10-16(11-18,14-6-1-2-7-15(14)19)9-12-4-3-5-13(20)8-12/h1-8H,9-11H2. The highest BCUT2D eigenvalue weighted by Gasteiger charge is 2.32. The highest BCUT2D eigenvalue weighted by Crippen LogP contribution is 2.37. The van der Waals surface area contributed by atoms with E-state index in [-0.39, 0.29) is 5.41 Å². The van der Waals surface area contributed by atoms with Crippen molar-refractivity contribution in [1.82, 2.24) is 0 Å². The summed E-state index contributed by atoms with van der Waals surface area (Å²) in [4.78, 5) is 0. The molecule has 0 radical (unpaired) electrons. The molecule has 0 atom stereocenters. The van der Waals surface area contributed by atoms with Gasteiger partial charge in [-0.25, -0.2) is 0 Å². The molecule has 0 aliphatic heterocycles. The van der Waals surface area contributed by atoms with E-state index in [0.29, 0.717) is 0 Å². The normalized spacial score (nSPS) is 11.6. The molecule has 0 amide bonds. The predicted molar refractivity (Wildman–Crippen MR) is 98.6 cm³/mol. The van der Waals surface area contributed by atoms with Crippen LogP contribution in [0.5, 0.6) is 0 Å². The van der Waals surface area contributed by atoms with E-state index in [9.17, 15) is 0 Å². The molecule has 0 bridgehead atoms. The van der Waals surface area contributed by atoms with Crippen molar-refractivity contribution in [3.63, 3.8) is 0 Å². The fourth-order valence-electron chi connectivity index (χ4n) is 2.30. The Labute approximate surface area is 150 Å². The second kappa shape index (κ2) is 7.44. The van der Waals surface area contributed by atoms with Crippen LogP contribution in [0.1, 0.15) is 11.1 Å². The maximum absolute atomic E-state index is 6.10. The Morgan fingerprint density at radius 1 is 0.950 bits per heavy atom. The SMILES string of the molecule is Clc1cccc(CC(CBr)(CBr)c2ccccc2Br)c1. The van der Waals surface area contributed by atoms with Crippen molar-refractivity contribution in [2.75, 3.05) is 10.7 Å². The third-order valence-corrected chi connectivity index (χ3v) is 6.46. The zero-order valence-corrected chi connectivity index (χ0v) is 16.3. The van der Waals surface area contributed by atoms with Gasteiger partial charge in [0.2, 0.25) is 0 Å². The number of benzene rings is 2. The summed E-state index contributed by atoms with van der Waals surface area (Å²) in [5.41, 5.74) is 2.53. The summed E-state index contributed by atoms with van der Waals surface area (Å²) >= 11 is 17.2. The summed E-state index contributed by atoms with van der Waals surface area (Å²) in [5.74, 6) is 0. The van der Waals surface area contributed by atoms with E-state index in [1.54, 1.807) is 0 Å². The van der Waals surface area contributed by atoms with Crippen LogP contribution in [0.3, 0.4) is 0 Å². The van der Waals surface area contributed by atoms with Crippen LogP contribution in [-0.4, -0.2) is 10.7 Å². The first kappa shape index (κ1) is 16.5. The summed E-state index contributed by atoms with van der Waals surface area (Å²) in [6.45, 7) is 0. The van der Waals surface area contributed by atoms with Gasteiger partial charge in [0.1, 0.15) is 0 Å². The predicted octanol–water partition coefficient (Wildman–Crippen LogP) is 6.37. The lowest BCUT2D eigenvalue weighted by atomic mass is 9.79. The third kappa shape index (κ3) is 3.68. The number of hydrogen-bond donors (Lipinski definition) is 0. The molecule has 20 heavy (non-hydrogen) atoms. The van der Waals surface area contributed by atoms with Gasteiger partial charge in [0.25, 0.3) is 0 Å². The highest BCUT2D eigenvalue weighted by atomic mass is 79.9. The Balaban J connectivity index is 2.42. The van der Waals surface area contributed by atoms with Gasteiger partial charge >= 0.3 is 0 Å². The van der Waals surface area contributed by atoms with Crippen molar-refractivity contribution in [1.29, 1.82) is 0 Å². The van der Waals surface area contributed by atoms with Crippen LogP contribution in [0.15, 0.2) is 53.0 Å². The Morgan fingerprint density at radius 2 is 1.65 bits per heavy atom. The summed E-state index contributed by atoms with van der Waals surface area (Å²) in [7, 11) is 0. The van der Waals surface area contributed by atoms with E-state index in [1.807, 2.05) is 24.3 Å². The average molecular weight is 481 g/mol. The van der Waals surface area contributed by atoms with Crippen molar-refractivity contribution in [2.45, 2.75) is 11.8 Å². The first-order valence-electron chi connectivity index (χ1n) is 6.23. The molecule has 0 aromatic heterocycles. The molecular formula is C16H14Br3Cl. The minimum atomic E-state index is -0.00915. The minimum Gasteiger partial charge on any atom is -0.0918 e. The van der Waals surface area contributed by atoms with E-state index in [2.05, 4.69) is 72.1 Å². The molecule has 0 heterocycles. The topological polar surface area (TPSA) is 0 Å². The molecule has 0 aliphatic rings. The second-order valence-corrected chi connectivity index (χ2v) is 7.25. The first-order chi connectivity index (χ1) is 9.61. The van der Waals surface area contributed by atoms with Gasteiger partial charge in [-0.2, -0.15) is 0 Å². The molecule has 0 saturated carbocycles. The zero-order chi connectivity index (χ0) is 14.6. The van der Waals surface area contributed by atoms with E-state index >= 15 is 0 Å². The molecule has 0 fully saturated rings. The molecule has 0 saturated heterocycles. The number of alkyl halides is 2. The second-order valence-electron chi connectivity index (χ2n) is 4.83. The van der Waals surface area contributed by atoms with E-state index in [4.69, 9.17) is 11.6 Å². The quantitative estimate of drug-likeness (QED) is 0.435. The highest BCUT2D eigenvalue weighted by molar-refractivity contribution is 9.10. The Bertz CT molecular complexity index is 579. The summed E-state index contributed by atoms with van der Waals surface area (Å²) in [5, 5.41) is 2.54. The van der Waals surface area contributed by atoms with E-state index < -0.39 is 0 Å². The minimum absolute atomic E-state index is 0.00915. The van der Waals surface area contributed by atoms with Crippen molar-refractivity contribution in [2.24, 2.45) is 0 Å². The van der Waals surface area contributed by atoms with Crippen LogP contribution in [0.25, 0.3) is 0 Å². The van der Waals surface area contributed by atoms with Crippen LogP contribution in [0, 0.1) is 0 Å². The van der Waals surface area contributed by atoms with Crippen LogP contribution >= 0.6 is 59.4 Å². The van der Waals surface area contributed by atoms with Crippen molar-refractivity contribution in [3.8, 4) is 0 Å². The van der Waals surface area contributed by atoms with Crippen LogP contribution in [0.2, 0.25) is 5.02 Å². The van der Waals surface area contributed by atoms with Crippen LogP contribution < -0.4 is 0 Å². The molecule has 4 heteroatoms. The molecule has 2 aromatic rings. The van der Waals surface area contributed by atoms with Crippen molar-refractivity contribution < 1.29 is 0 Å². The largest absolute Gasteiger partial charge is 0.0918 e. The summed E-state index contributed by atoms with van der Waals surface area (Å²) in [6.07, 6.45) is 0.923. The Kier molecular flexibility index (Phi) is 6.15. The van der Waals surface area contributed by atoms with E-state index in [1.165, 1.54) is 11.1 Å². The summed E-state index contributed by atoms with van der Waals surface area (Å²) < 4.78 is 1.14. The molecule has 0 spiro atoms. The first-order valence-corrected chi connectivity index (χ1v) is 9.64. The smallest absolute Gasteiger partial charge is 0.0408 e. The van der Waals surface area contributed by atoms with Gasteiger partial charge in [0.05, 0.1) is 0 Å². The molecule has 2 aromatic carbocycles. The monoisotopic (exact) mass is 478 g/mol.